The van der Waals surface area contributed by atoms with Crippen LogP contribution < -0.4 is 9.47 Å². The summed E-state index contributed by atoms with van der Waals surface area (Å²) in [6, 6.07) is 19.2. The number of piperazine rings is 1. The van der Waals surface area contributed by atoms with Gasteiger partial charge in [0.1, 0.15) is 23.9 Å². The number of benzene rings is 2. The minimum Gasteiger partial charge on any atom is -0.494 e. The highest BCUT2D eigenvalue weighted by Crippen LogP contribution is 2.21. The number of carbonyl (C=O) groups excluding carboxylic acids is 1. The van der Waals surface area contributed by atoms with Crippen LogP contribution in [0, 0.1) is 0 Å². The van der Waals surface area contributed by atoms with Crippen molar-refractivity contribution in [3.8, 4) is 11.5 Å². The third-order valence-corrected chi connectivity index (χ3v) is 6.17. The van der Waals surface area contributed by atoms with Crippen LogP contribution in [0.3, 0.4) is 0 Å². The van der Waals surface area contributed by atoms with E-state index in [0.29, 0.717) is 31.2 Å². The zero-order valence-corrected chi connectivity index (χ0v) is 19.7. The quantitative estimate of drug-likeness (QED) is 0.438. The normalized spacial score (nSPS) is 14.4. The minimum atomic E-state index is -0.0714. The highest BCUT2D eigenvalue weighted by Gasteiger charge is 2.24. The van der Waals surface area contributed by atoms with E-state index in [2.05, 4.69) is 33.0 Å². The van der Waals surface area contributed by atoms with Crippen LogP contribution in [0.25, 0.3) is 0 Å². The Hall–Kier alpha value is -2.77. The smallest absolute Gasteiger partial charge is 0.289 e. The summed E-state index contributed by atoms with van der Waals surface area (Å²) in [5.41, 5.74) is 1.26. The standard InChI is InChI=1S/C25H27BrN2O4/c1-2-30-20-7-9-21(10-8-20)31-18-22-11-12-24(32-22)25(29)28-15-13-27(14-16-28)17-19-5-3-4-6-23(19)26/h3-12H,2,13-18H2,1H3. The molecule has 0 unspecified atom stereocenters. The molecule has 1 aliphatic heterocycles. The van der Waals surface area contributed by atoms with Crippen molar-refractivity contribution >= 4 is 21.8 Å². The molecule has 0 radical (unpaired) electrons. The lowest BCUT2D eigenvalue weighted by Crippen LogP contribution is -2.48. The molecule has 4 rings (SSSR count). The number of nitrogens with zero attached hydrogens (tertiary/aromatic N) is 2. The molecule has 7 heteroatoms. The van der Waals surface area contributed by atoms with E-state index >= 15 is 0 Å². The first-order valence-corrected chi connectivity index (χ1v) is 11.6. The van der Waals surface area contributed by atoms with Crippen LogP contribution in [0.2, 0.25) is 0 Å². The van der Waals surface area contributed by atoms with E-state index in [9.17, 15) is 4.79 Å². The summed E-state index contributed by atoms with van der Waals surface area (Å²) in [6.45, 7) is 6.75. The average molecular weight is 499 g/mol. The largest absolute Gasteiger partial charge is 0.494 e. The van der Waals surface area contributed by atoms with E-state index in [-0.39, 0.29) is 12.5 Å². The number of hydrogen-bond acceptors (Lipinski definition) is 5. The first-order chi connectivity index (χ1) is 15.6. The second-order valence-corrected chi connectivity index (χ2v) is 8.47. The van der Waals surface area contributed by atoms with Crippen molar-refractivity contribution in [2.24, 2.45) is 0 Å². The molecular weight excluding hydrogens is 472 g/mol. The third-order valence-electron chi connectivity index (χ3n) is 5.40. The lowest BCUT2D eigenvalue weighted by Gasteiger charge is -2.34. The zero-order chi connectivity index (χ0) is 22.3. The molecule has 0 bridgehead atoms. The number of ether oxygens (including phenoxy) is 2. The van der Waals surface area contributed by atoms with Gasteiger partial charge in [0, 0.05) is 37.2 Å². The molecule has 0 aliphatic carbocycles. The monoisotopic (exact) mass is 498 g/mol. The van der Waals surface area contributed by atoms with Crippen molar-refractivity contribution in [1.29, 1.82) is 0 Å². The SMILES string of the molecule is CCOc1ccc(OCc2ccc(C(=O)N3CCN(Cc4ccccc4Br)CC3)o2)cc1. The van der Waals surface area contributed by atoms with Gasteiger partial charge in [0.25, 0.3) is 5.91 Å². The van der Waals surface area contributed by atoms with Gasteiger partial charge in [-0.1, -0.05) is 34.1 Å². The van der Waals surface area contributed by atoms with Gasteiger partial charge in [-0.2, -0.15) is 0 Å². The topological polar surface area (TPSA) is 55.2 Å². The second-order valence-electron chi connectivity index (χ2n) is 7.62. The molecule has 0 atom stereocenters. The molecule has 2 aromatic carbocycles. The summed E-state index contributed by atoms with van der Waals surface area (Å²) in [6.07, 6.45) is 0. The van der Waals surface area contributed by atoms with Crippen molar-refractivity contribution in [3.63, 3.8) is 0 Å². The Morgan fingerprint density at radius 3 is 2.31 bits per heavy atom. The fourth-order valence-corrected chi connectivity index (χ4v) is 4.07. The third kappa shape index (κ3) is 5.72. The van der Waals surface area contributed by atoms with Crippen LogP contribution in [0.1, 0.15) is 28.8 Å². The van der Waals surface area contributed by atoms with Gasteiger partial charge >= 0.3 is 0 Å². The Balaban J connectivity index is 1.26. The summed E-state index contributed by atoms with van der Waals surface area (Å²) in [5.74, 6) is 2.43. The Morgan fingerprint density at radius 1 is 0.938 bits per heavy atom. The summed E-state index contributed by atoms with van der Waals surface area (Å²) in [7, 11) is 0. The molecule has 6 nitrogen and oxygen atoms in total. The van der Waals surface area contributed by atoms with Gasteiger partial charge in [0.15, 0.2) is 5.76 Å². The maximum absolute atomic E-state index is 12.9. The van der Waals surface area contributed by atoms with E-state index in [1.165, 1.54) is 5.56 Å². The second kappa shape index (κ2) is 10.7. The van der Waals surface area contributed by atoms with Gasteiger partial charge in [-0.05, 0) is 55.0 Å². The molecule has 1 saturated heterocycles. The Bertz CT molecular complexity index is 1030. The van der Waals surface area contributed by atoms with E-state index in [1.54, 1.807) is 12.1 Å². The summed E-state index contributed by atoms with van der Waals surface area (Å²) < 4.78 is 18.1. The van der Waals surface area contributed by atoms with E-state index in [0.717, 1.165) is 35.6 Å². The predicted octanol–water partition coefficient (Wildman–Crippen LogP) is 4.98. The predicted molar refractivity (Wildman–Crippen MR) is 126 cm³/mol. The summed E-state index contributed by atoms with van der Waals surface area (Å²) in [4.78, 5) is 17.1. The van der Waals surface area contributed by atoms with Gasteiger partial charge in [0.05, 0.1) is 6.61 Å². The van der Waals surface area contributed by atoms with Crippen LogP contribution in [-0.2, 0) is 13.2 Å². The fourth-order valence-electron chi connectivity index (χ4n) is 3.66. The first kappa shape index (κ1) is 22.4. The number of halogens is 1. The van der Waals surface area contributed by atoms with Crippen LogP contribution >= 0.6 is 15.9 Å². The number of furan rings is 1. The molecule has 1 aliphatic rings. The lowest BCUT2D eigenvalue weighted by atomic mass is 10.2. The van der Waals surface area contributed by atoms with Crippen molar-refractivity contribution < 1.29 is 18.7 Å². The van der Waals surface area contributed by atoms with Gasteiger partial charge in [-0.15, -0.1) is 0 Å². The molecule has 1 aromatic heterocycles. The molecule has 1 amide bonds. The number of carbonyl (C=O) groups is 1. The molecular formula is C25H27BrN2O4. The minimum absolute atomic E-state index is 0.0714. The van der Waals surface area contributed by atoms with Crippen LogP contribution in [-0.4, -0.2) is 48.5 Å². The summed E-state index contributed by atoms with van der Waals surface area (Å²) >= 11 is 3.61. The van der Waals surface area contributed by atoms with E-state index < -0.39 is 0 Å². The van der Waals surface area contributed by atoms with Gasteiger partial charge in [0.2, 0.25) is 0 Å². The lowest BCUT2D eigenvalue weighted by molar-refractivity contribution is 0.0594. The van der Waals surface area contributed by atoms with Gasteiger partial charge in [-0.3, -0.25) is 9.69 Å². The molecule has 168 valence electrons. The molecule has 0 spiro atoms. The number of amides is 1. The van der Waals surface area contributed by atoms with Crippen LogP contribution in [0.5, 0.6) is 11.5 Å². The zero-order valence-electron chi connectivity index (χ0n) is 18.1. The fraction of sp³-hybridized carbons (Fsp3) is 0.320. The summed E-state index contributed by atoms with van der Waals surface area (Å²) in [5, 5.41) is 0. The first-order valence-electron chi connectivity index (χ1n) is 10.8. The van der Waals surface area contributed by atoms with E-state index in [1.807, 2.05) is 48.2 Å². The number of rotatable bonds is 8. The van der Waals surface area contributed by atoms with Crippen LogP contribution in [0.4, 0.5) is 0 Å². The van der Waals surface area contributed by atoms with Gasteiger partial charge < -0.3 is 18.8 Å². The molecule has 2 heterocycles. The maximum atomic E-state index is 12.9. The molecule has 32 heavy (non-hydrogen) atoms. The van der Waals surface area contributed by atoms with E-state index in [4.69, 9.17) is 13.9 Å². The van der Waals surface area contributed by atoms with Crippen molar-refractivity contribution in [2.45, 2.75) is 20.1 Å². The average Bonchev–Trinajstić information content (AvgIpc) is 3.29. The Kier molecular flexibility index (Phi) is 7.50. The Labute approximate surface area is 196 Å². The number of hydrogen-bond donors (Lipinski definition) is 0. The molecule has 0 N–H and O–H groups in total. The van der Waals surface area contributed by atoms with Gasteiger partial charge in [-0.25, -0.2) is 0 Å². The molecule has 3 aromatic rings. The maximum Gasteiger partial charge on any atom is 0.289 e. The molecule has 0 saturated carbocycles. The highest BCUT2D eigenvalue weighted by atomic mass is 79.9. The van der Waals surface area contributed by atoms with Crippen molar-refractivity contribution in [3.05, 3.63) is 82.2 Å². The van der Waals surface area contributed by atoms with Crippen LogP contribution in [0.15, 0.2) is 69.6 Å². The van der Waals surface area contributed by atoms with Crippen molar-refractivity contribution in [1.82, 2.24) is 9.80 Å². The Morgan fingerprint density at radius 2 is 1.62 bits per heavy atom. The highest BCUT2D eigenvalue weighted by molar-refractivity contribution is 9.10. The molecule has 1 fully saturated rings. The van der Waals surface area contributed by atoms with Crippen molar-refractivity contribution in [2.75, 3.05) is 32.8 Å².